The number of carbonyl (C=O) groups is 3. The molecule has 0 saturated carbocycles. The van der Waals surface area contributed by atoms with E-state index < -0.39 is 11.3 Å². The number of nitrogens with one attached hydrogen (secondary N) is 1. The fourth-order valence-corrected chi connectivity index (χ4v) is 5.69. The van der Waals surface area contributed by atoms with Crippen molar-refractivity contribution in [2.75, 3.05) is 26.8 Å². The van der Waals surface area contributed by atoms with Crippen LogP contribution in [-0.4, -0.2) is 49.5 Å². The van der Waals surface area contributed by atoms with Gasteiger partial charge in [0.25, 0.3) is 0 Å². The summed E-state index contributed by atoms with van der Waals surface area (Å²) in [4.78, 5) is 41.3. The van der Waals surface area contributed by atoms with Crippen LogP contribution in [0.2, 0.25) is 0 Å². The van der Waals surface area contributed by atoms with Crippen molar-refractivity contribution in [1.29, 1.82) is 0 Å². The van der Waals surface area contributed by atoms with E-state index in [2.05, 4.69) is 5.32 Å². The van der Waals surface area contributed by atoms with Gasteiger partial charge in [-0.2, -0.15) is 0 Å². The Kier molecular flexibility index (Phi) is 6.53. The number of amides is 2. The Hall–Kier alpha value is -2.83. The Morgan fingerprint density at radius 1 is 1.22 bits per heavy atom. The van der Waals surface area contributed by atoms with Gasteiger partial charge in [-0.3, -0.25) is 14.4 Å². The molecule has 1 N–H and O–H groups in total. The van der Waals surface area contributed by atoms with Crippen LogP contribution < -0.4 is 10.1 Å². The van der Waals surface area contributed by atoms with Crippen LogP contribution in [0.15, 0.2) is 35.5 Å². The van der Waals surface area contributed by atoms with E-state index in [1.165, 1.54) is 5.57 Å². The molecule has 7 nitrogen and oxygen atoms in total. The summed E-state index contributed by atoms with van der Waals surface area (Å²) in [5.74, 6) is -0.581. The highest BCUT2D eigenvalue weighted by Gasteiger charge is 2.63. The number of benzene rings is 1. The first-order chi connectivity index (χ1) is 15.5. The molecule has 172 valence electrons. The molecule has 0 radical (unpaired) electrons. The molecule has 4 rings (SSSR count). The Morgan fingerprint density at radius 2 is 2.00 bits per heavy atom. The van der Waals surface area contributed by atoms with Gasteiger partial charge in [0.2, 0.25) is 11.8 Å². The minimum absolute atomic E-state index is 0.00312. The lowest BCUT2D eigenvalue weighted by molar-refractivity contribution is -0.158. The van der Waals surface area contributed by atoms with E-state index in [-0.39, 0.29) is 30.8 Å². The number of ether oxygens (including phenoxy) is 2. The first-order valence-corrected chi connectivity index (χ1v) is 11.6. The Labute approximate surface area is 189 Å². The SMILES string of the molecule is CCOC(=O)[C@@]12CCCC3=C1N(CCC3)C(=O)[C@H]2CC(=O)NCCc1ccccc1OC. The zero-order valence-electron chi connectivity index (χ0n) is 18.9. The van der Waals surface area contributed by atoms with Crippen molar-refractivity contribution in [1.82, 2.24) is 10.2 Å². The van der Waals surface area contributed by atoms with Crippen molar-refractivity contribution in [3.8, 4) is 5.75 Å². The minimum Gasteiger partial charge on any atom is -0.496 e. The molecule has 32 heavy (non-hydrogen) atoms. The van der Waals surface area contributed by atoms with Gasteiger partial charge in [0, 0.05) is 25.2 Å². The number of carbonyl (C=O) groups excluding carboxylic acids is 3. The fourth-order valence-electron chi connectivity index (χ4n) is 5.69. The van der Waals surface area contributed by atoms with E-state index in [1.807, 2.05) is 24.3 Å². The molecule has 1 aromatic rings. The number of esters is 1. The third-order valence-corrected chi connectivity index (χ3v) is 7.03. The van der Waals surface area contributed by atoms with Gasteiger partial charge in [-0.25, -0.2) is 0 Å². The van der Waals surface area contributed by atoms with Gasteiger partial charge in [0.15, 0.2) is 0 Å². The van der Waals surface area contributed by atoms with Crippen LogP contribution in [0.3, 0.4) is 0 Å². The van der Waals surface area contributed by atoms with Gasteiger partial charge in [-0.15, -0.1) is 0 Å². The molecular formula is C25H32N2O5. The van der Waals surface area contributed by atoms with Crippen molar-refractivity contribution in [3.05, 3.63) is 41.1 Å². The molecule has 2 heterocycles. The third kappa shape index (κ3) is 3.78. The van der Waals surface area contributed by atoms with Crippen LogP contribution >= 0.6 is 0 Å². The second-order valence-corrected chi connectivity index (χ2v) is 8.76. The quantitative estimate of drug-likeness (QED) is 0.628. The summed E-state index contributed by atoms with van der Waals surface area (Å²) < 4.78 is 10.8. The maximum absolute atomic E-state index is 13.4. The van der Waals surface area contributed by atoms with Crippen molar-refractivity contribution in [3.63, 3.8) is 0 Å². The Balaban J connectivity index is 1.51. The van der Waals surface area contributed by atoms with E-state index in [1.54, 1.807) is 18.9 Å². The van der Waals surface area contributed by atoms with Crippen LogP contribution in [0.1, 0.15) is 51.0 Å². The summed E-state index contributed by atoms with van der Waals surface area (Å²) in [5.41, 5.74) is 2.05. The van der Waals surface area contributed by atoms with Crippen LogP contribution in [-0.2, 0) is 25.5 Å². The second kappa shape index (κ2) is 9.35. The molecule has 0 spiro atoms. The Bertz CT molecular complexity index is 936. The lowest BCUT2D eigenvalue weighted by Gasteiger charge is -2.39. The molecule has 1 aromatic carbocycles. The Morgan fingerprint density at radius 3 is 2.78 bits per heavy atom. The summed E-state index contributed by atoms with van der Waals surface area (Å²) in [6.07, 6.45) is 4.75. The van der Waals surface area contributed by atoms with Gasteiger partial charge in [0.05, 0.1) is 19.6 Å². The van der Waals surface area contributed by atoms with Gasteiger partial charge in [0.1, 0.15) is 11.2 Å². The van der Waals surface area contributed by atoms with Crippen molar-refractivity contribution in [2.24, 2.45) is 11.3 Å². The first-order valence-electron chi connectivity index (χ1n) is 11.6. The predicted molar refractivity (Wildman–Crippen MR) is 119 cm³/mol. The number of methoxy groups -OCH3 is 1. The van der Waals surface area contributed by atoms with E-state index in [9.17, 15) is 14.4 Å². The molecule has 0 aromatic heterocycles. The average molecular weight is 441 g/mol. The highest BCUT2D eigenvalue weighted by atomic mass is 16.5. The van der Waals surface area contributed by atoms with Crippen molar-refractivity contribution >= 4 is 17.8 Å². The molecule has 0 bridgehead atoms. The first kappa shape index (κ1) is 22.4. The molecule has 2 atom stereocenters. The number of para-hydroxylation sites is 1. The van der Waals surface area contributed by atoms with Gasteiger partial charge < -0.3 is 19.7 Å². The van der Waals surface area contributed by atoms with Gasteiger partial charge in [-0.1, -0.05) is 18.2 Å². The van der Waals surface area contributed by atoms with Crippen LogP contribution in [0.5, 0.6) is 5.75 Å². The number of allylic oxidation sites excluding steroid dienone is 1. The van der Waals surface area contributed by atoms with Gasteiger partial charge in [-0.05, 0) is 62.7 Å². The van der Waals surface area contributed by atoms with Crippen LogP contribution in [0.4, 0.5) is 0 Å². The highest BCUT2D eigenvalue weighted by Crippen LogP contribution is 2.57. The lowest BCUT2D eigenvalue weighted by Crippen LogP contribution is -2.44. The van der Waals surface area contributed by atoms with Crippen molar-refractivity contribution in [2.45, 2.75) is 51.9 Å². The minimum atomic E-state index is -1.01. The van der Waals surface area contributed by atoms with Crippen molar-refractivity contribution < 1.29 is 23.9 Å². The topological polar surface area (TPSA) is 84.9 Å². The van der Waals surface area contributed by atoms with Crippen LogP contribution in [0, 0.1) is 11.3 Å². The molecule has 1 aliphatic carbocycles. The smallest absolute Gasteiger partial charge is 0.318 e. The summed E-state index contributed by atoms with van der Waals surface area (Å²) in [6.45, 7) is 3.09. The highest BCUT2D eigenvalue weighted by molar-refractivity contribution is 5.99. The summed E-state index contributed by atoms with van der Waals surface area (Å²) in [6, 6.07) is 7.70. The third-order valence-electron chi connectivity index (χ3n) is 7.03. The molecule has 0 unspecified atom stereocenters. The zero-order valence-corrected chi connectivity index (χ0v) is 18.9. The summed E-state index contributed by atoms with van der Waals surface area (Å²) >= 11 is 0. The number of rotatable bonds is 8. The normalized spacial score (nSPS) is 24.2. The predicted octanol–water partition coefficient (Wildman–Crippen LogP) is 2.98. The maximum Gasteiger partial charge on any atom is 0.318 e. The largest absolute Gasteiger partial charge is 0.496 e. The van der Waals surface area contributed by atoms with E-state index in [0.717, 1.165) is 42.7 Å². The van der Waals surface area contributed by atoms with Gasteiger partial charge >= 0.3 is 5.97 Å². The number of hydrogen-bond donors (Lipinski definition) is 1. The summed E-state index contributed by atoms with van der Waals surface area (Å²) in [5, 5.41) is 2.94. The molecular weight excluding hydrogens is 408 g/mol. The maximum atomic E-state index is 13.4. The lowest BCUT2D eigenvalue weighted by atomic mass is 9.65. The number of hydrogen-bond acceptors (Lipinski definition) is 5. The standard InChI is InChI=1S/C25H32N2O5/c1-3-32-24(30)25-13-6-9-18-10-7-15-27(22(18)25)23(29)19(25)16-21(28)26-14-12-17-8-4-5-11-20(17)31-2/h4-5,8,11,19H,3,6-7,9-10,12-16H2,1-2H3,(H,26,28)/t19-,25-/m1/s1. The molecule has 7 heteroatoms. The zero-order chi connectivity index (χ0) is 22.7. The fraction of sp³-hybridized carbons (Fsp3) is 0.560. The summed E-state index contributed by atoms with van der Waals surface area (Å²) in [7, 11) is 1.62. The van der Waals surface area contributed by atoms with E-state index in [4.69, 9.17) is 9.47 Å². The molecule has 3 aliphatic rings. The van der Waals surface area contributed by atoms with E-state index >= 15 is 0 Å². The molecule has 2 amide bonds. The second-order valence-electron chi connectivity index (χ2n) is 8.76. The average Bonchev–Trinajstić information content (AvgIpc) is 3.05. The molecule has 2 aliphatic heterocycles. The molecule has 1 fully saturated rings. The van der Waals surface area contributed by atoms with Crippen LogP contribution in [0.25, 0.3) is 0 Å². The number of nitrogens with zero attached hydrogens (tertiary/aromatic N) is 1. The monoisotopic (exact) mass is 440 g/mol. The molecule has 1 saturated heterocycles. The van der Waals surface area contributed by atoms with E-state index in [0.29, 0.717) is 25.9 Å².